The van der Waals surface area contributed by atoms with Gasteiger partial charge >= 0.3 is 0 Å². The Morgan fingerprint density at radius 1 is 1.18 bits per heavy atom. The van der Waals surface area contributed by atoms with E-state index in [4.69, 9.17) is 0 Å². The minimum absolute atomic E-state index is 0.0543. The molecule has 0 aromatic carbocycles. The lowest BCUT2D eigenvalue weighted by molar-refractivity contribution is -0.138. The zero-order valence-corrected chi connectivity index (χ0v) is 12.2. The number of amides is 1. The first kappa shape index (κ1) is 13.6. The number of Topliss-reactive ketones (excluding diaryl/α,β-unsaturated/α-hetero) is 1. The Balaban J connectivity index is 1.92. The highest BCUT2D eigenvalue weighted by Gasteiger charge is 2.58. The lowest BCUT2D eigenvalue weighted by Gasteiger charge is -2.58. The third-order valence-electron chi connectivity index (χ3n) is 5.94. The molecule has 2 fully saturated rings. The molecule has 1 aliphatic heterocycles. The van der Waals surface area contributed by atoms with Crippen LogP contribution in [0.1, 0.15) is 32.1 Å². The number of ketones is 3. The standard InChI is InChI=1S/C17H17NO4/c19-9-18-6-5-17-8-10(20)1-2-12(17)13(18)7-11-14(21)3-4-15(22)16(11)17/h3-4,9,12-13H,1-2,5-8H2. The molecular weight excluding hydrogens is 282 g/mol. The summed E-state index contributed by atoms with van der Waals surface area (Å²) >= 11 is 0. The molecule has 1 saturated heterocycles. The van der Waals surface area contributed by atoms with E-state index in [1.165, 1.54) is 12.2 Å². The van der Waals surface area contributed by atoms with E-state index >= 15 is 0 Å². The monoisotopic (exact) mass is 299 g/mol. The minimum atomic E-state index is -0.523. The van der Waals surface area contributed by atoms with Crippen LogP contribution in [0.3, 0.4) is 0 Å². The van der Waals surface area contributed by atoms with Gasteiger partial charge in [-0.05, 0) is 37.3 Å². The maximum Gasteiger partial charge on any atom is 0.209 e. The number of rotatable bonds is 1. The van der Waals surface area contributed by atoms with E-state index < -0.39 is 5.41 Å². The smallest absolute Gasteiger partial charge is 0.209 e. The van der Waals surface area contributed by atoms with Crippen LogP contribution in [-0.2, 0) is 19.2 Å². The van der Waals surface area contributed by atoms with E-state index in [0.29, 0.717) is 49.8 Å². The lowest BCUT2D eigenvalue weighted by Crippen LogP contribution is -2.60. The van der Waals surface area contributed by atoms with Crippen LogP contribution in [0.15, 0.2) is 23.3 Å². The fourth-order valence-corrected chi connectivity index (χ4v) is 5.08. The van der Waals surface area contributed by atoms with Crippen LogP contribution >= 0.6 is 0 Å². The number of carbonyl (C=O) groups is 4. The second-order valence-electron chi connectivity index (χ2n) is 6.80. The van der Waals surface area contributed by atoms with Gasteiger partial charge in [-0.2, -0.15) is 0 Å². The van der Waals surface area contributed by atoms with Crippen LogP contribution in [0.4, 0.5) is 0 Å². The number of allylic oxidation sites excluding steroid dienone is 3. The van der Waals surface area contributed by atoms with Gasteiger partial charge in [-0.3, -0.25) is 19.2 Å². The van der Waals surface area contributed by atoms with Crippen molar-refractivity contribution < 1.29 is 19.2 Å². The summed E-state index contributed by atoms with van der Waals surface area (Å²) in [7, 11) is 0. The van der Waals surface area contributed by atoms with Crippen molar-refractivity contribution in [2.75, 3.05) is 6.54 Å². The van der Waals surface area contributed by atoms with Crippen LogP contribution < -0.4 is 0 Å². The van der Waals surface area contributed by atoms with Crippen molar-refractivity contribution in [1.29, 1.82) is 0 Å². The Labute approximate surface area is 128 Å². The molecule has 22 heavy (non-hydrogen) atoms. The molecule has 5 heteroatoms. The zero-order valence-electron chi connectivity index (χ0n) is 12.2. The van der Waals surface area contributed by atoms with Crippen molar-refractivity contribution in [2.45, 2.75) is 38.1 Å². The van der Waals surface area contributed by atoms with Gasteiger partial charge in [0.05, 0.1) is 0 Å². The predicted molar refractivity (Wildman–Crippen MR) is 76.8 cm³/mol. The Morgan fingerprint density at radius 3 is 2.73 bits per heavy atom. The average molecular weight is 299 g/mol. The van der Waals surface area contributed by atoms with Gasteiger partial charge in [0.1, 0.15) is 5.78 Å². The summed E-state index contributed by atoms with van der Waals surface area (Å²) in [6, 6.07) is -0.0543. The molecule has 5 nitrogen and oxygen atoms in total. The quantitative estimate of drug-likeness (QED) is 0.534. The van der Waals surface area contributed by atoms with Gasteiger partial charge in [0.2, 0.25) is 6.41 Å². The van der Waals surface area contributed by atoms with Gasteiger partial charge in [0.15, 0.2) is 11.6 Å². The average Bonchev–Trinajstić information content (AvgIpc) is 2.50. The first-order valence-electron chi connectivity index (χ1n) is 7.80. The van der Waals surface area contributed by atoms with E-state index in [-0.39, 0.29) is 29.3 Å². The lowest BCUT2D eigenvalue weighted by atomic mass is 9.50. The molecule has 3 aliphatic carbocycles. The molecule has 1 saturated carbocycles. The molecule has 0 N–H and O–H groups in total. The number of nitrogens with zero attached hydrogens (tertiary/aromatic N) is 1. The SMILES string of the molecule is O=CN1CCC23CC(=O)CCC2C1CC1=C3C(=O)C=CC1=O. The van der Waals surface area contributed by atoms with Gasteiger partial charge in [0, 0.05) is 42.0 Å². The number of carbonyl (C=O) groups excluding carboxylic acids is 4. The first-order chi connectivity index (χ1) is 10.6. The molecule has 0 radical (unpaired) electrons. The summed E-state index contributed by atoms with van der Waals surface area (Å²) in [5.41, 5.74) is 0.597. The summed E-state index contributed by atoms with van der Waals surface area (Å²) in [6.45, 7) is 0.555. The molecule has 3 atom stereocenters. The van der Waals surface area contributed by atoms with E-state index in [9.17, 15) is 19.2 Å². The van der Waals surface area contributed by atoms with Crippen molar-refractivity contribution in [2.24, 2.45) is 11.3 Å². The highest BCUT2D eigenvalue weighted by atomic mass is 16.1. The maximum atomic E-state index is 12.5. The molecule has 0 aromatic rings. The van der Waals surface area contributed by atoms with E-state index in [2.05, 4.69) is 0 Å². The van der Waals surface area contributed by atoms with Gasteiger partial charge < -0.3 is 4.90 Å². The van der Waals surface area contributed by atoms with E-state index in [1.54, 1.807) is 4.90 Å². The molecule has 0 spiro atoms. The summed E-state index contributed by atoms with van der Waals surface area (Å²) in [5, 5.41) is 0. The number of hydrogen-bond donors (Lipinski definition) is 0. The molecule has 1 heterocycles. The minimum Gasteiger partial charge on any atom is -0.342 e. The van der Waals surface area contributed by atoms with Crippen LogP contribution in [0.5, 0.6) is 0 Å². The summed E-state index contributed by atoms with van der Waals surface area (Å²) in [5.74, 6) is 0.0276. The Hall–Kier alpha value is -2.04. The van der Waals surface area contributed by atoms with Gasteiger partial charge in [-0.25, -0.2) is 0 Å². The number of likely N-dealkylation sites (tertiary alicyclic amines) is 1. The summed E-state index contributed by atoms with van der Waals surface area (Å²) in [6.07, 6.45) is 6.12. The van der Waals surface area contributed by atoms with E-state index in [1.807, 2.05) is 0 Å². The fraction of sp³-hybridized carbons (Fsp3) is 0.529. The van der Waals surface area contributed by atoms with Crippen LogP contribution in [0, 0.1) is 11.3 Å². The van der Waals surface area contributed by atoms with E-state index in [0.717, 1.165) is 6.41 Å². The van der Waals surface area contributed by atoms with Crippen LogP contribution in [0.2, 0.25) is 0 Å². The predicted octanol–water partition coefficient (Wildman–Crippen LogP) is 0.981. The van der Waals surface area contributed by atoms with Gasteiger partial charge in [-0.15, -0.1) is 0 Å². The molecule has 0 aromatic heterocycles. The molecule has 1 amide bonds. The zero-order chi connectivity index (χ0) is 15.5. The van der Waals surface area contributed by atoms with Crippen molar-refractivity contribution in [3.8, 4) is 0 Å². The largest absolute Gasteiger partial charge is 0.342 e. The third-order valence-corrected chi connectivity index (χ3v) is 5.94. The van der Waals surface area contributed by atoms with Crippen molar-refractivity contribution in [3.63, 3.8) is 0 Å². The molecule has 4 aliphatic rings. The highest BCUT2D eigenvalue weighted by molar-refractivity contribution is 6.21. The Morgan fingerprint density at radius 2 is 1.95 bits per heavy atom. The Bertz CT molecular complexity index is 674. The fourth-order valence-electron chi connectivity index (χ4n) is 5.08. The molecule has 2 bridgehead atoms. The highest BCUT2D eigenvalue weighted by Crippen LogP contribution is 2.58. The van der Waals surface area contributed by atoms with Gasteiger partial charge in [-0.1, -0.05) is 0 Å². The second-order valence-corrected chi connectivity index (χ2v) is 6.80. The van der Waals surface area contributed by atoms with Crippen molar-refractivity contribution in [1.82, 2.24) is 4.90 Å². The number of piperidine rings is 1. The Kier molecular flexibility index (Phi) is 2.77. The number of hydrogen-bond acceptors (Lipinski definition) is 4. The molecule has 3 unspecified atom stereocenters. The van der Waals surface area contributed by atoms with Gasteiger partial charge in [0.25, 0.3) is 0 Å². The molecule has 4 rings (SSSR count). The summed E-state index contributed by atoms with van der Waals surface area (Å²) in [4.78, 5) is 50.0. The first-order valence-corrected chi connectivity index (χ1v) is 7.80. The van der Waals surface area contributed by atoms with Crippen LogP contribution in [-0.4, -0.2) is 41.2 Å². The maximum absolute atomic E-state index is 12.5. The second kappa shape index (κ2) is 4.48. The van der Waals surface area contributed by atoms with Crippen molar-refractivity contribution >= 4 is 23.8 Å². The topological polar surface area (TPSA) is 71.5 Å². The summed E-state index contributed by atoms with van der Waals surface area (Å²) < 4.78 is 0. The molecule has 114 valence electrons. The van der Waals surface area contributed by atoms with Crippen molar-refractivity contribution in [3.05, 3.63) is 23.3 Å². The third kappa shape index (κ3) is 1.59. The molecular formula is C17H17NO4. The van der Waals surface area contributed by atoms with Crippen LogP contribution in [0.25, 0.3) is 0 Å². The normalized spacial score (nSPS) is 37.1.